The van der Waals surface area contributed by atoms with E-state index in [1.165, 1.54) is 4.52 Å². The van der Waals surface area contributed by atoms with Gasteiger partial charge in [-0.3, -0.25) is 19.8 Å². The summed E-state index contributed by atoms with van der Waals surface area (Å²) in [5, 5.41) is 3.01. The molecule has 1 aliphatic heterocycles. The normalized spacial score (nSPS) is 17.3. The molecule has 0 spiro atoms. The SMILES string of the molecule is Cc1cc2nc(CN3CCc4[nH]cnc4C3c3ccccn3)cc(=O)n2[nH]1. The topological polar surface area (TPSA) is 95.0 Å². The standard InChI is InChI=1S/C19H19N7O/c1-12-8-16-23-13(9-17(27)26(16)24-12)10-25-7-5-14-18(22-11-21-14)19(25)15-4-2-3-6-20-15/h2-4,6,8-9,11,19,24H,5,7,10H2,1H3,(H,21,22). The molecule has 2 N–H and O–H groups in total. The Morgan fingerprint density at radius 3 is 3.04 bits per heavy atom. The van der Waals surface area contributed by atoms with E-state index in [0.29, 0.717) is 12.2 Å². The van der Waals surface area contributed by atoms with Crippen LogP contribution in [0.25, 0.3) is 5.65 Å². The molecule has 0 fully saturated rings. The van der Waals surface area contributed by atoms with Crippen LogP contribution in [0.15, 0.2) is 47.7 Å². The van der Waals surface area contributed by atoms with Crippen molar-refractivity contribution in [1.29, 1.82) is 0 Å². The van der Waals surface area contributed by atoms with Gasteiger partial charge in [-0.15, -0.1) is 0 Å². The summed E-state index contributed by atoms with van der Waals surface area (Å²) in [7, 11) is 0. The second-order valence-corrected chi connectivity index (χ2v) is 6.86. The van der Waals surface area contributed by atoms with Crippen LogP contribution in [0.2, 0.25) is 0 Å². The van der Waals surface area contributed by atoms with Gasteiger partial charge in [0.15, 0.2) is 5.65 Å². The van der Waals surface area contributed by atoms with Crippen molar-refractivity contribution in [2.24, 2.45) is 0 Å². The number of aromatic amines is 2. The molecular formula is C19H19N7O. The lowest BCUT2D eigenvalue weighted by Crippen LogP contribution is -2.36. The van der Waals surface area contributed by atoms with E-state index in [9.17, 15) is 4.79 Å². The Morgan fingerprint density at radius 1 is 1.26 bits per heavy atom. The highest BCUT2D eigenvalue weighted by Gasteiger charge is 2.32. The van der Waals surface area contributed by atoms with Crippen molar-refractivity contribution in [1.82, 2.24) is 34.4 Å². The fraction of sp³-hybridized carbons (Fsp3) is 0.263. The van der Waals surface area contributed by atoms with E-state index in [0.717, 1.165) is 41.4 Å². The third kappa shape index (κ3) is 2.74. The molecule has 0 saturated heterocycles. The molecule has 27 heavy (non-hydrogen) atoms. The first-order valence-corrected chi connectivity index (χ1v) is 8.94. The van der Waals surface area contributed by atoms with Crippen LogP contribution in [0.1, 0.15) is 34.5 Å². The average molecular weight is 361 g/mol. The molecule has 0 bridgehead atoms. The zero-order valence-corrected chi connectivity index (χ0v) is 14.9. The number of hydrogen-bond acceptors (Lipinski definition) is 5. The number of aryl methyl sites for hydroxylation is 1. The summed E-state index contributed by atoms with van der Waals surface area (Å²) in [6.45, 7) is 3.31. The first-order chi connectivity index (χ1) is 13.2. The second kappa shape index (κ2) is 6.17. The Kier molecular flexibility index (Phi) is 3.64. The van der Waals surface area contributed by atoms with Crippen LogP contribution in [-0.2, 0) is 13.0 Å². The van der Waals surface area contributed by atoms with E-state index in [2.05, 4.69) is 29.9 Å². The second-order valence-electron chi connectivity index (χ2n) is 6.86. The molecule has 136 valence electrons. The number of fused-ring (bicyclic) bond motifs is 2. The van der Waals surface area contributed by atoms with Gasteiger partial charge in [0.25, 0.3) is 5.56 Å². The molecule has 0 aliphatic carbocycles. The molecule has 5 rings (SSSR count). The number of H-pyrrole nitrogens is 2. The molecular weight excluding hydrogens is 342 g/mol. The van der Waals surface area contributed by atoms with Crippen molar-refractivity contribution in [3.63, 3.8) is 0 Å². The lowest BCUT2D eigenvalue weighted by molar-refractivity contribution is 0.194. The zero-order chi connectivity index (χ0) is 18.4. The van der Waals surface area contributed by atoms with Gasteiger partial charge in [-0.1, -0.05) is 6.07 Å². The maximum atomic E-state index is 12.4. The van der Waals surface area contributed by atoms with Gasteiger partial charge in [0, 0.05) is 49.2 Å². The summed E-state index contributed by atoms with van der Waals surface area (Å²) < 4.78 is 1.47. The van der Waals surface area contributed by atoms with Crippen molar-refractivity contribution < 1.29 is 0 Å². The van der Waals surface area contributed by atoms with Gasteiger partial charge in [-0.05, 0) is 19.1 Å². The smallest absolute Gasteiger partial charge is 0.272 e. The molecule has 1 unspecified atom stereocenters. The van der Waals surface area contributed by atoms with E-state index in [1.54, 1.807) is 18.6 Å². The number of nitrogens with one attached hydrogen (secondary N) is 2. The molecule has 5 heterocycles. The zero-order valence-electron chi connectivity index (χ0n) is 14.9. The fourth-order valence-electron chi connectivity index (χ4n) is 3.81. The van der Waals surface area contributed by atoms with Crippen LogP contribution in [0.4, 0.5) is 0 Å². The molecule has 1 aliphatic rings. The first-order valence-electron chi connectivity index (χ1n) is 8.94. The predicted octanol–water partition coefficient (Wildman–Crippen LogP) is 1.60. The van der Waals surface area contributed by atoms with E-state index < -0.39 is 0 Å². The highest BCUT2D eigenvalue weighted by molar-refractivity contribution is 5.39. The van der Waals surface area contributed by atoms with Gasteiger partial charge >= 0.3 is 0 Å². The van der Waals surface area contributed by atoms with Gasteiger partial charge in [0.05, 0.1) is 29.5 Å². The van der Waals surface area contributed by atoms with Crippen molar-refractivity contribution in [3.8, 4) is 0 Å². The fourth-order valence-corrected chi connectivity index (χ4v) is 3.81. The minimum atomic E-state index is -0.102. The summed E-state index contributed by atoms with van der Waals surface area (Å²) in [6, 6.07) is 9.33. The monoisotopic (exact) mass is 361 g/mol. The minimum Gasteiger partial charge on any atom is -0.348 e. The maximum Gasteiger partial charge on any atom is 0.272 e. The Balaban J connectivity index is 1.55. The van der Waals surface area contributed by atoms with Crippen molar-refractivity contribution in [2.45, 2.75) is 25.9 Å². The number of nitrogens with zero attached hydrogens (tertiary/aromatic N) is 5. The summed E-state index contributed by atoms with van der Waals surface area (Å²) in [4.78, 5) is 31.7. The van der Waals surface area contributed by atoms with Gasteiger partial charge < -0.3 is 4.98 Å². The summed E-state index contributed by atoms with van der Waals surface area (Å²) in [6.07, 6.45) is 4.42. The number of hydrogen-bond donors (Lipinski definition) is 2. The summed E-state index contributed by atoms with van der Waals surface area (Å²) in [5.41, 5.74) is 5.28. The molecule has 0 saturated carbocycles. The molecule has 0 radical (unpaired) electrons. The number of aromatic nitrogens is 6. The third-order valence-corrected chi connectivity index (χ3v) is 4.99. The molecule has 8 nitrogen and oxygen atoms in total. The quantitative estimate of drug-likeness (QED) is 0.578. The minimum absolute atomic E-state index is 0.0607. The predicted molar refractivity (Wildman–Crippen MR) is 99.3 cm³/mol. The Labute approximate surface area is 154 Å². The lowest BCUT2D eigenvalue weighted by Gasteiger charge is -2.34. The summed E-state index contributed by atoms with van der Waals surface area (Å²) in [5.74, 6) is 0. The third-order valence-electron chi connectivity index (χ3n) is 4.99. The molecule has 8 heteroatoms. The Morgan fingerprint density at radius 2 is 2.19 bits per heavy atom. The first kappa shape index (κ1) is 16.0. The molecule has 4 aromatic heterocycles. The largest absolute Gasteiger partial charge is 0.348 e. The lowest BCUT2D eigenvalue weighted by atomic mass is 9.99. The number of rotatable bonds is 3. The highest BCUT2D eigenvalue weighted by atomic mass is 16.1. The highest BCUT2D eigenvalue weighted by Crippen LogP contribution is 2.32. The molecule has 4 aromatic rings. The van der Waals surface area contributed by atoms with Crippen molar-refractivity contribution in [3.05, 3.63) is 81.7 Å². The van der Waals surface area contributed by atoms with Gasteiger partial charge in [-0.25, -0.2) is 14.5 Å². The van der Waals surface area contributed by atoms with Gasteiger partial charge in [0.2, 0.25) is 0 Å². The van der Waals surface area contributed by atoms with Crippen LogP contribution in [0, 0.1) is 6.92 Å². The van der Waals surface area contributed by atoms with Gasteiger partial charge in [-0.2, -0.15) is 0 Å². The molecule has 0 aromatic carbocycles. The Bertz CT molecular complexity index is 1160. The van der Waals surface area contributed by atoms with E-state index in [4.69, 9.17) is 0 Å². The van der Waals surface area contributed by atoms with Crippen LogP contribution < -0.4 is 5.56 Å². The number of imidazole rings is 1. The number of pyridine rings is 1. The van der Waals surface area contributed by atoms with E-state index in [1.807, 2.05) is 31.2 Å². The van der Waals surface area contributed by atoms with Crippen LogP contribution >= 0.6 is 0 Å². The van der Waals surface area contributed by atoms with Crippen molar-refractivity contribution in [2.75, 3.05) is 6.54 Å². The van der Waals surface area contributed by atoms with Crippen molar-refractivity contribution >= 4 is 5.65 Å². The average Bonchev–Trinajstić information content (AvgIpc) is 3.28. The van der Waals surface area contributed by atoms with Crippen LogP contribution in [-0.4, -0.2) is 41.0 Å². The molecule has 0 amide bonds. The van der Waals surface area contributed by atoms with E-state index >= 15 is 0 Å². The summed E-state index contributed by atoms with van der Waals surface area (Å²) >= 11 is 0. The van der Waals surface area contributed by atoms with Crippen LogP contribution in [0.3, 0.4) is 0 Å². The maximum absolute atomic E-state index is 12.4. The van der Waals surface area contributed by atoms with Gasteiger partial charge in [0.1, 0.15) is 0 Å². The van der Waals surface area contributed by atoms with Crippen LogP contribution in [0.5, 0.6) is 0 Å². The Hall–Kier alpha value is -3.26. The molecule has 1 atom stereocenters. The van der Waals surface area contributed by atoms with E-state index in [-0.39, 0.29) is 11.6 Å².